The molecule has 0 saturated heterocycles. The van der Waals surface area contributed by atoms with Crippen LogP contribution < -0.4 is 5.56 Å². The summed E-state index contributed by atoms with van der Waals surface area (Å²) in [6.07, 6.45) is 1.57. The highest BCUT2D eigenvalue weighted by atomic mass is 19.1. The predicted molar refractivity (Wildman–Crippen MR) is 105 cm³/mol. The first kappa shape index (κ1) is 17.5. The Labute approximate surface area is 164 Å². The SMILES string of the molecule is CCCc1nnc2c(=O)[nH]c3cc(C(=O)N4Cc5ccc(F)cc5C4)ccc3n12. The monoisotopic (exact) mass is 391 g/mol. The quantitative estimate of drug-likeness (QED) is 0.582. The van der Waals surface area contributed by atoms with Crippen molar-refractivity contribution in [1.82, 2.24) is 24.5 Å². The summed E-state index contributed by atoms with van der Waals surface area (Å²) in [6.45, 7) is 2.84. The maximum Gasteiger partial charge on any atom is 0.294 e. The van der Waals surface area contributed by atoms with Crippen molar-refractivity contribution in [2.45, 2.75) is 32.9 Å². The smallest absolute Gasteiger partial charge is 0.294 e. The Hall–Kier alpha value is -3.55. The van der Waals surface area contributed by atoms with Crippen LogP contribution in [0.25, 0.3) is 16.7 Å². The first-order valence-electron chi connectivity index (χ1n) is 9.52. The van der Waals surface area contributed by atoms with E-state index in [0.717, 1.165) is 28.9 Å². The number of nitrogens with zero attached hydrogens (tertiary/aromatic N) is 4. The number of aryl methyl sites for hydroxylation is 1. The van der Waals surface area contributed by atoms with Gasteiger partial charge in [0.25, 0.3) is 11.5 Å². The van der Waals surface area contributed by atoms with E-state index in [0.29, 0.717) is 30.6 Å². The molecule has 2 aromatic heterocycles. The molecule has 0 unspecified atom stereocenters. The molecule has 2 aromatic carbocycles. The van der Waals surface area contributed by atoms with E-state index in [1.54, 1.807) is 33.6 Å². The highest BCUT2D eigenvalue weighted by Gasteiger charge is 2.25. The molecule has 146 valence electrons. The third-order valence-corrected chi connectivity index (χ3v) is 5.32. The minimum absolute atomic E-state index is 0.165. The second-order valence-electron chi connectivity index (χ2n) is 7.29. The summed E-state index contributed by atoms with van der Waals surface area (Å²) in [4.78, 5) is 29.9. The molecule has 5 rings (SSSR count). The molecule has 4 aromatic rings. The zero-order valence-corrected chi connectivity index (χ0v) is 15.8. The molecule has 0 atom stereocenters. The molecule has 1 aliphatic heterocycles. The second-order valence-corrected chi connectivity index (χ2v) is 7.29. The van der Waals surface area contributed by atoms with Gasteiger partial charge in [-0.15, -0.1) is 10.2 Å². The van der Waals surface area contributed by atoms with Crippen molar-refractivity contribution in [2.24, 2.45) is 0 Å². The summed E-state index contributed by atoms with van der Waals surface area (Å²) in [5.41, 5.74) is 3.43. The van der Waals surface area contributed by atoms with E-state index in [2.05, 4.69) is 15.2 Å². The Morgan fingerprint density at radius 3 is 2.79 bits per heavy atom. The van der Waals surface area contributed by atoms with E-state index in [-0.39, 0.29) is 22.9 Å². The fourth-order valence-corrected chi connectivity index (χ4v) is 3.93. The average Bonchev–Trinajstić information content (AvgIpc) is 3.32. The maximum atomic E-state index is 13.5. The number of amides is 1. The van der Waals surface area contributed by atoms with Crippen LogP contribution in [0, 0.1) is 5.82 Å². The normalized spacial score (nSPS) is 13.4. The van der Waals surface area contributed by atoms with Crippen LogP contribution in [-0.4, -0.2) is 30.4 Å². The lowest BCUT2D eigenvalue weighted by molar-refractivity contribution is 0.0751. The molecule has 0 radical (unpaired) electrons. The molecule has 1 N–H and O–H groups in total. The van der Waals surface area contributed by atoms with Gasteiger partial charge in [-0.05, 0) is 47.9 Å². The Balaban J connectivity index is 1.55. The lowest BCUT2D eigenvalue weighted by atomic mass is 10.1. The third-order valence-electron chi connectivity index (χ3n) is 5.32. The average molecular weight is 391 g/mol. The summed E-state index contributed by atoms with van der Waals surface area (Å²) in [6, 6.07) is 9.81. The van der Waals surface area contributed by atoms with Gasteiger partial charge in [0.15, 0.2) is 0 Å². The highest BCUT2D eigenvalue weighted by Crippen LogP contribution is 2.26. The van der Waals surface area contributed by atoms with Crippen molar-refractivity contribution >= 4 is 22.6 Å². The van der Waals surface area contributed by atoms with E-state index in [9.17, 15) is 14.0 Å². The lowest BCUT2D eigenvalue weighted by Crippen LogP contribution is -2.25. The molecule has 0 fully saturated rings. The summed E-state index contributed by atoms with van der Waals surface area (Å²) < 4.78 is 15.2. The fraction of sp³-hybridized carbons (Fsp3) is 0.238. The molecule has 0 spiro atoms. The van der Waals surface area contributed by atoms with E-state index < -0.39 is 0 Å². The maximum absolute atomic E-state index is 13.5. The zero-order chi connectivity index (χ0) is 20.1. The van der Waals surface area contributed by atoms with Crippen LogP contribution in [0.3, 0.4) is 0 Å². The van der Waals surface area contributed by atoms with Gasteiger partial charge < -0.3 is 9.88 Å². The minimum atomic E-state index is -0.346. The van der Waals surface area contributed by atoms with Gasteiger partial charge in [-0.25, -0.2) is 4.39 Å². The van der Waals surface area contributed by atoms with E-state index >= 15 is 0 Å². The molecule has 0 bridgehead atoms. The van der Waals surface area contributed by atoms with Gasteiger partial charge in [-0.1, -0.05) is 13.0 Å². The number of rotatable bonds is 3. The van der Waals surface area contributed by atoms with Gasteiger partial charge in [0, 0.05) is 25.1 Å². The molecule has 7 nitrogen and oxygen atoms in total. The van der Waals surface area contributed by atoms with Crippen molar-refractivity contribution in [3.8, 4) is 0 Å². The van der Waals surface area contributed by atoms with Crippen molar-refractivity contribution in [3.05, 3.63) is 75.1 Å². The zero-order valence-electron chi connectivity index (χ0n) is 15.8. The van der Waals surface area contributed by atoms with E-state index in [1.807, 2.05) is 6.92 Å². The van der Waals surface area contributed by atoms with Crippen LogP contribution in [0.15, 0.2) is 41.2 Å². The predicted octanol–water partition coefficient (Wildman–Crippen LogP) is 2.82. The number of carbonyl (C=O) groups excluding carboxylic acids is 1. The number of aromatic amines is 1. The molecule has 0 aliphatic carbocycles. The third kappa shape index (κ3) is 2.79. The van der Waals surface area contributed by atoms with Crippen LogP contribution in [-0.2, 0) is 19.5 Å². The van der Waals surface area contributed by atoms with Gasteiger partial charge in [-0.3, -0.25) is 14.0 Å². The molecule has 0 saturated carbocycles. The molecule has 3 heterocycles. The Morgan fingerprint density at radius 2 is 1.97 bits per heavy atom. The van der Waals surface area contributed by atoms with Crippen LogP contribution in [0.2, 0.25) is 0 Å². The van der Waals surface area contributed by atoms with Crippen molar-refractivity contribution in [1.29, 1.82) is 0 Å². The van der Waals surface area contributed by atoms with Crippen LogP contribution >= 0.6 is 0 Å². The number of halogens is 1. The van der Waals surface area contributed by atoms with Crippen molar-refractivity contribution in [3.63, 3.8) is 0 Å². The molecule has 1 amide bonds. The largest absolute Gasteiger partial charge is 0.330 e. The Bertz CT molecular complexity index is 1340. The van der Waals surface area contributed by atoms with Crippen molar-refractivity contribution in [2.75, 3.05) is 0 Å². The minimum Gasteiger partial charge on any atom is -0.330 e. The van der Waals surface area contributed by atoms with Crippen molar-refractivity contribution < 1.29 is 9.18 Å². The molecule has 29 heavy (non-hydrogen) atoms. The first-order chi connectivity index (χ1) is 14.0. The number of hydrogen-bond acceptors (Lipinski definition) is 4. The summed E-state index contributed by atoms with van der Waals surface area (Å²) >= 11 is 0. The molecular weight excluding hydrogens is 373 g/mol. The number of H-pyrrole nitrogens is 1. The first-order valence-corrected chi connectivity index (χ1v) is 9.52. The fourth-order valence-electron chi connectivity index (χ4n) is 3.93. The number of nitrogens with one attached hydrogen (secondary N) is 1. The van der Waals surface area contributed by atoms with Gasteiger partial charge in [-0.2, -0.15) is 0 Å². The molecule has 8 heteroatoms. The number of fused-ring (bicyclic) bond motifs is 4. The number of hydrogen-bond donors (Lipinski definition) is 1. The summed E-state index contributed by atoms with van der Waals surface area (Å²) in [5, 5.41) is 8.13. The van der Waals surface area contributed by atoms with Crippen LogP contribution in [0.4, 0.5) is 4.39 Å². The second kappa shape index (κ2) is 6.51. The van der Waals surface area contributed by atoms with E-state index in [1.165, 1.54) is 12.1 Å². The highest BCUT2D eigenvalue weighted by molar-refractivity contribution is 5.97. The Morgan fingerprint density at radius 1 is 1.14 bits per heavy atom. The molecule has 1 aliphatic rings. The summed E-state index contributed by atoms with van der Waals surface area (Å²) in [7, 11) is 0. The topological polar surface area (TPSA) is 83.4 Å². The van der Waals surface area contributed by atoms with Crippen LogP contribution in [0.1, 0.15) is 40.7 Å². The van der Waals surface area contributed by atoms with E-state index in [4.69, 9.17) is 0 Å². The number of aromatic nitrogens is 4. The van der Waals surface area contributed by atoms with Crippen LogP contribution in [0.5, 0.6) is 0 Å². The standard InChI is InChI=1S/C21H18FN5O2/c1-2-3-18-24-25-19-20(28)23-16-9-12(5-7-17(16)27(18)19)21(29)26-10-13-4-6-15(22)8-14(13)11-26/h4-9H,2-3,10-11H2,1H3,(H,23,28). The van der Waals surface area contributed by atoms with Gasteiger partial charge in [0.2, 0.25) is 5.65 Å². The summed E-state index contributed by atoms with van der Waals surface area (Å²) in [5.74, 6) is 0.249. The van der Waals surface area contributed by atoms with Gasteiger partial charge >= 0.3 is 0 Å². The van der Waals surface area contributed by atoms with Gasteiger partial charge in [0.1, 0.15) is 11.6 Å². The Kier molecular flexibility index (Phi) is 3.94. The number of carbonyl (C=O) groups is 1. The number of benzene rings is 2. The van der Waals surface area contributed by atoms with Gasteiger partial charge in [0.05, 0.1) is 11.0 Å². The lowest BCUT2D eigenvalue weighted by Gasteiger charge is -2.16. The molecular formula is C21H18FN5O2.